The lowest BCUT2D eigenvalue weighted by molar-refractivity contribution is 0.720. The Morgan fingerprint density at radius 1 is 0.842 bits per heavy atom. The fourth-order valence-corrected chi connectivity index (χ4v) is 4.38. The molecule has 0 saturated heterocycles. The molecule has 0 fully saturated rings. The first-order valence-corrected chi connectivity index (χ1v) is 7.70. The predicted octanol–water partition coefficient (Wildman–Crippen LogP) is 5.01. The standard InChI is InChI=1S/C18H18S/c1-15-12-13-19-18(14-15,16-8-4-2-5-9-16)17-10-6-3-7-11-17/h2-12H,13-14H2,1H3. The van der Waals surface area contributed by atoms with Gasteiger partial charge in [-0.3, -0.25) is 0 Å². The lowest BCUT2D eigenvalue weighted by Crippen LogP contribution is -2.26. The molecule has 0 unspecified atom stereocenters. The van der Waals surface area contributed by atoms with Crippen LogP contribution < -0.4 is 0 Å². The molecule has 2 aromatic carbocycles. The normalized spacial score (nSPS) is 17.8. The maximum absolute atomic E-state index is 2.36. The van der Waals surface area contributed by atoms with Gasteiger partial charge in [-0.1, -0.05) is 72.3 Å². The number of rotatable bonds is 2. The predicted molar refractivity (Wildman–Crippen MR) is 84.5 cm³/mol. The van der Waals surface area contributed by atoms with Gasteiger partial charge >= 0.3 is 0 Å². The van der Waals surface area contributed by atoms with E-state index in [4.69, 9.17) is 0 Å². The van der Waals surface area contributed by atoms with Crippen molar-refractivity contribution in [3.05, 3.63) is 83.4 Å². The molecule has 0 atom stereocenters. The maximum Gasteiger partial charge on any atom is 0.0696 e. The molecule has 1 heterocycles. The van der Waals surface area contributed by atoms with Gasteiger partial charge in [-0.25, -0.2) is 0 Å². The number of thioether (sulfide) groups is 1. The molecule has 2 aromatic rings. The van der Waals surface area contributed by atoms with Crippen LogP contribution in [0.25, 0.3) is 0 Å². The SMILES string of the molecule is CC1=CCSC(c2ccccc2)(c2ccccc2)C1. The highest BCUT2D eigenvalue weighted by atomic mass is 32.2. The molecule has 0 saturated carbocycles. The Labute approximate surface area is 119 Å². The van der Waals surface area contributed by atoms with E-state index < -0.39 is 0 Å². The van der Waals surface area contributed by atoms with Crippen LogP contribution in [0.1, 0.15) is 24.5 Å². The average molecular weight is 266 g/mol. The molecule has 1 heteroatoms. The first-order valence-electron chi connectivity index (χ1n) is 6.72. The molecule has 0 spiro atoms. The van der Waals surface area contributed by atoms with Crippen molar-refractivity contribution in [1.82, 2.24) is 0 Å². The summed E-state index contributed by atoms with van der Waals surface area (Å²) in [6, 6.07) is 21.8. The van der Waals surface area contributed by atoms with E-state index in [0.29, 0.717) is 0 Å². The van der Waals surface area contributed by atoms with Gasteiger partial charge in [-0.2, -0.15) is 0 Å². The topological polar surface area (TPSA) is 0 Å². The quantitative estimate of drug-likeness (QED) is 0.688. The number of allylic oxidation sites excluding steroid dienone is 1. The van der Waals surface area contributed by atoms with E-state index in [1.807, 2.05) is 11.8 Å². The molecule has 0 nitrogen and oxygen atoms in total. The molecule has 0 aromatic heterocycles. The summed E-state index contributed by atoms with van der Waals surface area (Å²) in [7, 11) is 0. The van der Waals surface area contributed by atoms with Gasteiger partial charge in [0.1, 0.15) is 0 Å². The van der Waals surface area contributed by atoms with Crippen molar-refractivity contribution in [2.45, 2.75) is 18.1 Å². The molecule has 19 heavy (non-hydrogen) atoms. The lowest BCUT2D eigenvalue weighted by atomic mass is 9.84. The van der Waals surface area contributed by atoms with Crippen molar-refractivity contribution in [1.29, 1.82) is 0 Å². The van der Waals surface area contributed by atoms with E-state index in [1.54, 1.807) is 0 Å². The first-order chi connectivity index (χ1) is 9.31. The van der Waals surface area contributed by atoms with Crippen LogP contribution in [-0.2, 0) is 4.75 Å². The second kappa shape index (κ2) is 5.26. The van der Waals surface area contributed by atoms with Gasteiger partial charge in [-0.05, 0) is 24.5 Å². The highest BCUT2D eigenvalue weighted by molar-refractivity contribution is 8.00. The number of benzene rings is 2. The summed E-state index contributed by atoms with van der Waals surface area (Å²) < 4.78 is 0.0847. The number of hydrogen-bond donors (Lipinski definition) is 0. The molecule has 3 rings (SSSR count). The molecule has 0 N–H and O–H groups in total. The van der Waals surface area contributed by atoms with Crippen molar-refractivity contribution >= 4 is 11.8 Å². The lowest BCUT2D eigenvalue weighted by Gasteiger charge is -2.37. The summed E-state index contributed by atoms with van der Waals surface area (Å²) >= 11 is 2.04. The van der Waals surface area contributed by atoms with Gasteiger partial charge in [0, 0.05) is 5.75 Å². The van der Waals surface area contributed by atoms with Gasteiger partial charge in [0.15, 0.2) is 0 Å². The maximum atomic E-state index is 2.36. The van der Waals surface area contributed by atoms with Crippen molar-refractivity contribution in [3.63, 3.8) is 0 Å². The Bertz CT molecular complexity index is 530. The summed E-state index contributed by atoms with van der Waals surface area (Å²) in [4.78, 5) is 0. The first kappa shape index (κ1) is 12.6. The third kappa shape index (κ3) is 2.35. The van der Waals surface area contributed by atoms with E-state index in [2.05, 4.69) is 73.7 Å². The monoisotopic (exact) mass is 266 g/mol. The summed E-state index contributed by atoms with van der Waals surface area (Å²) in [6.07, 6.45) is 3.46. The Balaban J connectivity index is 2.14. The van der Waals surface area contributed by atoms with E-state index in [-0.39, 0.29) is 4.75 Å². The van der Waals surface area contributed by atoms with Gasteiger partial charge in [0.25, 0.3) is 0 Å². The van der Waals surface area contributed by atoms with E-state index >= 15 is 0 Å². The zero-order valence-electron chi connectivity index (χ0n) is 11.2. The second-order valence-electron chi connectivity index (χ2n) is 5.10. The van der Waals surface area contributed by atoms with Crippen LogP contribution in [0.2, 0.25) is 0 Å². The summed E-state index contributed by atoms with van der Waals surface area (Å²) in [6.45, 7) is 2.25. The summed E-state index contributed by atoms with van der Waals surface area (Å²) in [5.41, 5.74) is 4.32. The minimum absolute atomic E-state index is 0.0847. The van der Waals surface area contributed by atoms with Gasteiger partial charge < -0.3 is 0 Å². The van der Waals surface area contributed by atoms with Crippen molar-refractivity contribution in [2.75, 3.05) is 5.75 Å². The van der Waals surface area contributed by atoms with Crippen molar-refractivity contribution in [3.8, 4) is 0 Å². The van der Waals surface area contributed by atoms with Crippen LogP contribution in [0.5, 0.6) is 0 Å². The van der Waals surface area contributed by atoms with Crippen LogP contribution >= 0.6 is 11.8 Å². The minimum Gasteiger partial charge on any atom is -0.141 e. The average Bonchev–Trinajstić information content (AvgIpc) is 2.49. The molecule has 1 aliphatic heterocycles. The third-order valence-electron chi connectivity index (χ3n) is 3.77. The Kier molecular flexibility index (Phi) is 3.48. The molecule has 1 aliphatic rings. The van der Waals surface area contributed by atoms with Crippen LogP contribution in [0, 0.1) is 0 Å². The number of hydrogen-bond acceptors (Lipinski definition) is 1. The molecule has 0 radical (unpaired) electrons. The van der Waals surface area contributed by atoms with E-state index in [9.17, 15) is 0 Å². The smallest absolute Gasteiger partial charge is 0.0696 e. The molecule has 96 valence electrons. The summed E-state index contributed by atoms with van der Waals surface area (Å²) in [5.74, 6) is 1.09. The van der Waals surface area contributed by atoms with Crippen LogP contribution in [0.15, 0.2) is 72.3 Å². The van der Waals surface area contributed by atoms with Gasteiger partial charge in [-0.15, -0.1) is 11.8 Å². The molecule has 0 amide bonds. The van der Waals surface area contributed by atoms with Crippen molar-refractivity contribution < 1.29 is 0 Å². The highest BCUT2D eigenvalue weighted by Gasteiger charge is 2.36. The van der Waals surface area contributed by atoms with Crippen LogP contribution in [0.4, 0.5) is 0 Å². The molecule has 0 aliphatic carbocycles. The van der Waals surface area contributed by atoms with Crippen LogP contribution in [0.3, 0.4) is 0 Å². The highest BCUT2D eigenvalue weighted by Crippen LogP contribution is 2.49. The second-order valence-corrected chi connectivity index (χ2v) is 6.42. The molecular formula is C18H18S. The van der Waals surface area contributed by atoms with E-state index in [1.165, 1.54) is 16.7 Å². The zero-order valence-corrected chi connectivity index (χ0v) is 12.0. The molecular weight excluding hydrogens is 248 g/mol. The Morgan fingerprint density at radius 2 is 1.37 bits per heavy atom. The fourth-order valence-electron chi connectivity index (χ4n) is 2.79. The Hall–Kier alpha value is -1.47. The van der Waals surface area contributed by atoms with Crippen LogP contribution in [-0.4, -0.2) is 5.75 Å². The zero-order chi connectivity index (χ0) is 13.1. The fraction of sp³-hybridized carbons (Fsp3) is 0.222. The summed E-state index contributed by atoms with van der Waals surface area (Å²) in [5, 5.41) is 0. The molecule has 0 bridgehead atoms. The van der Waals surface area contributed by atoms with Crippen molar-refractivity contribution in [2.24, 2.45) is 0 Å². The minimum atomic E-state index is 0.0847. The van der Waals surface area contributed by atoms with Gasteiger partial charge in [0.05, 0.1) is 4.75 Å². The van der Waals surface area contributed by atoms with Gasteiger partial charge in [0.2, 0.25) is 0 Å². The largest absolute Gasteiger partial charge is 0.141 e. The third-order valence-corrected chi connectivity index (χ3v) is 5.21. The Morgan fingerprint density at radius 3 is 1.84 bits per heavy atom. The van der Waals surface area contributed by atoms with E-state index in [0.717, 1.165) is 12.2 Å².